The second-order valence-corrected chi connectivity index (χ2v) is 8.17. The highest BCUT2D eigenvalue weighted by Crippen LogP contribution is 2.28. The van der Waals surface area contributed by atoms with E-state index in [0.29, 0.717) is 0 Å². The summed E-state index contributed by atoms with van der Waals surface area (Å²) in [5.74, 6) is 0. The van der Waals surface area contributed by atoms with E-state index in [1.165, 1.54) is 0 Å². The maximum atomic E-state index is 12.8. The fourth-order valence-electron chi connectivity index (χ4n) is 2.52. The lowest BCUT2D eigenvalue weighted by Gasteiger charge is -2.18. The summed E-state index contributed by atoms with van der Waals surface area (Å²) in [7, 11) is -3.60. The van der Waals surface area contributed by atoms with Gasteiger partial charge in [-0.15, -0.1) is 11.3 Å². The summed E-state index contributed by atoms with van der Waals surface area (Å²) in [6.07, 6.45) is 0.885. The van der Waals surface area contributed by atoms with Crippen molar-refractivity contribution in [2.24, 2.45) is 0 Å². The molecule has 24 heavy (non-hydrogen) atoms. The molecule has 0 aliphatic heterocycles. The van der Waals surface area contributed by atoms with Crippen molar-refractivity contribution in [1.29, 1.82) is 0 Å². The number of hydrogen-bond donors (Lipinski definition) is 1. The summed E-state index contributed by atoms with van der Waals surface area (Å²) in [5, 5.41) is 1.95. The average Bonchev–Trinajstić information content (AvgIpc) is 3.15. The average molecular weight is 358 g/mol. The Morgan fingerprint density at radius 3 is 2.25 bits per heavy atom. The van der Waals surface area contributed by atoms with E-state index in [9.17, 15) is 8.42 Å². The molecule has 0 spiro atoms. The van der Waals surface area contributed by atoms with Gasteiger partial charge in [0.25, 0.3) is 0 Å². The van der Waals surface area contributed by atoms with Crippen molar-refractivity contribution in [3.8, 4) is 0 Å². The van der Waals surface area contributed by atoms with Crippen molar-refractivity contribution in [3.63, 3.8) is 0 Å². The van der Waals surface area contributed by atoms with Crippen molar-refractivity contribution in [1.82, 2.24) is 4.72 Å². The van der Waals surface area contributed by atoms with Gasteiger partial charge in [0.1, 0.15) is 0 Å². The van der Waals surface area contributed by atoms with E-state index in [1.807, 2.05) is 66.9 Å². The van der Waals surface area contributed by atoms with Crippen LogP contribution < -0.4 is 4.72 Å². The second kappa shape index (κ2) is 7.30. The van der Waals surface area contributed by atoms with Crippen LogP contribution in [0.3, 0.4) is 0 Å². The molecule has 0 unspecified atom stereocenters. The van der Waals surface area contributed by atoms with Crippen LogP contribution in [0.1, 0.15) is 29.0 Å². The first kappa shape index (κ1) is 16.9. The molecule has 1 aromatic heterocycles. The van der Waals surface area contributed by atoms with Gasteiger partial charge in [0, 0.05) is 4.88 Å². The maximum absolute atomic E-state index is 12.8. The zero-order valence-corrected chi connectivity index (χ0v) is 15.0. The fourth-order valence-corrected chi connectivity index (χ4v) is 4.60. The van der Waals surface area contributed by atoms with Gasteiger partial charge in [-0.1, -0.05) is 55.5 Å². The van der Waals surface area contributed by atoms with E-state index < -0.39 is 10.0 Å². The third-order valence-electron chi connectivity index (χ3n) is 3.88. The number of hydrogen-bond acceptors (Lipinski definition) is 3. The highest BCUT2D eigenvalue weighted by Gasteiger charge is 2.23. The summed E-state index contributed by atoms with van der Waals surface area (Å²) in [6, 6.07) is 20.2. The van der Waals surface area contributed by atoms with Gasteiger partial charge in [0.15, 0.2) is 0 Å². The first-order chi connectivity index (χ1) is 11.6. The summed E-state index contributed by atoms with van der Waals surface area (Å²) in [5.41, 5.74) is 2.04. The minimum absolute atomic E-state index is 0.289. The van der Waals surface area contributed by atoms with Crippen molar-refractivity contribution in [3.05, 3.63) is 88.1 Å². The number of rotatable bonds is 6. The smallest absolute Gasteiger partial charge is 0.207 e. The van der Waals surface area contributed by atoms with Crippen LogP contribution in [-0.4, -0.2) is 8.42 Å². The lowest BCUT2D eigenvalue weighted by Crippen LogP contribution is -2.29. The van der Waals surface area contributed by atoms with Crippen molar-refractivity contribution in [2.45, 2.75) is 24.3 Å². The number of nitrogens with one attached hydrogen (secondary N) is 1. The number of aryl methyl sites for hydroxylation is 1. The molecular formula is C19H19NO2S2. The number of thiophene rings is 1. The summed E-state index contributed by atoms with van der Waals surface area (Å²) in [4.78, 5) is 1.26. The molecule has 3 rings (SSSR count). The Morgan fingerprint density at radius 1 is 0.958 bits per heavy atom. The fraction of sp³-hybridized carbons (Fsp3) is 0.158. The van der Waals surface area contributed by atoms with Crippen LogP contribution in [0, 0.1) is 0 Å². The van der Waals surface area contributed by atoms with Crippen molar-refractivity contribution >= 4 is 21.4 Å². The normalized spacial score (nSPS) is 12.9. The van der Waals surface area contributed by atoms with E-state index in [-0.39, 0.29) is 10.9 Å². The van der Waals surface area contributed by atoms with Crippen molar-refractivity contribution < 1.29 is 8.42 Å². The quantitative estimate of drug-likeness (QED) is 0.712. The topological polar surface area (TPSA) is 46.2 Å². The molecule has 0 aliphatic rings. The first-order valence-electron chi connectivity index (χ1n) is 7.80. The number of benzene rings is 2. The van der Waals surface area contributed by atoms with Gasteiger partial charge in [-0.2, -0.15) is 4.72 Å². The van der Waals surface area contributed by atoms with Crippen LogP contribution in [0.25, 0.3) is 0 Å². The molecule has 3 aromatic rings. The lowest BCUT2D eigenvalue weighted by atomic mass is 10.1. The van der Waals surface area contributed by atoms with Gasteiger partial charge in [0.2, 0.25) is 10.0 Å². The van der Waals surface area contributed by atoms with Gasteiger partial charge in [-0.25, -0.2) is 8.42 Å². The van der Waals surface area contributed by atoms with Crippen LogP contribution in [0.2, 0.25) is 0 Å². The third-order valence-corrected chi connectivity index (χ3v) is 6.25. The molecule has 2 aromatic carbocycles. The molecule has 124 valence electrons. The molecule has 0 fully saturated rings. The molecule has 1 atom stereocenters. The Morgan fingerprint density at radius 2 is 1.67 bits per heavy atom. The number of sulfonamides is 1. The monoisotopic (exact) mass is 357 g/mol. The van der Waals surface area contributed by atoms with Crippen LogP contribution in [0.4, 0.5) is 0 Å². The Bertz CT molecular complexity index is 871. The Balaban J connectivity index is 1.94. The summed E-state index contributed by atoms with van der Waals surface area (Å²) >= 11 is 1.54. The van der Waals surface area contributed by atoms with Gasteiger partial charge in [-0.05, 0) is 41.1 Å². The molecule has 0 saturated carbocycles. The van der Waals surface area contributed by atoms with Gasteiger partial charge in [-0.3, -0.25) is 0 Å². The van der Waals surface area contributed by atoms with Gasteiger partial charge in [0.05, 0.1) is 10.9 Å². The van der Waals surface area contributed by atoms with E-state index >= 15 is 0 Å². The molecule has 1 heterocycles. The highest BCUT2D eigenvalue weighted by molar-refractivity contribution is 7.89. The molecule has 0 saturated heterocycles. The zero-order valence-electron chi connectivity index (χ0n) is 13.3. The molecule has 0 bridgehead atoms. The van der Waals surface area contributed by atoms with Crippen LogP contribution in [0.5, 0.6) is 0 Å². The van der Waals surface area contributed by atoms with E-state index in [4.69, 9.17) is 0 Å². The molecule has 1 N–H and O–H groups in total. The SMILES string of the molecule is CCc1ccc(S(=O)(=O)N[C@@H](c2ccccc2)c2cccs2)cc1. The molecular weight excluding hydrogens is 338 g/mol. The Labute approximate surface area is 147 Å². The standard InChI is InChI=1S/C19H19NO2S2/c1-2-15-10-12-17(13-11-15)24(21,22)20-19(18-9-6-14-23-18)16-7-4-3-5-8-16/h3-14,19-20H,2H2,1H3/t19-/m0/s1. The third kappa shape index (κ3) is 3.75. The minimum Gasteiger partial charge on any atom is -0.207 e. The summed E-state index contributed by atoms with van der Waals surface area (Å²) in [6.45, 7) is 2.05. The van der Waals surface area contributed by atoms with E-state index in [0.717, 1.165) is 22.4 Å². The zero-order chi connectivity index (χ0) is 17.0. The van der Waals surface area contributed by atoms with Crippen molar-refractivity contribution in [2.75, 3.05) is 0 Å². The maximum Gasteiger partial charge on any atom is 0.241 e. The van der Waals surface area contributed by atoms with Crippen LogP contribution in [-0.2, 0) is 16.4 Å². The molecule has 3 nitrogen and oxygen atoms in total. The van der Waals surface area contributed by atoms with Crippen LogP contribution >= 0.6 is 11.3 Å². The minimum atomic E-state index is -3.60. The lowest BCUT2D eigenvalue weighted by molar-refractivity contribution is 0.573. The molecule has 5 heteroatoms. The highest BCUT2D eigenvalue weighted by atomic mass is 32.2. The Kier molecular flexibility index (Phi) is 5.14. The van der Waals surface area contributed by atoms with Gasteiger partial charge < -0.3 is 0 Å². The second-order valence-electron chi connectivity index (χ2n) is 5.48. The predicted molar refractivity (Wildman–Crippen MR) is 98.7 cm³/mol. The van der Waals surface area contributed by atoms with Crippen LogP contribution in [0.15, 0.2) is 77.0 Å². The van der Waals surface area contributed by atoms with E-state index in [1.54, 1.807) is 23.5 Å². The first-order valence-corrected chi connectivity index (χ1v) is 10.2. The largest absolute Gasteiger partial charge is 0.241 e. The molecule has 0 amide bonds. The Hall–Kier alpha value is -1.95. The van der Waals surface area contributed by atoms with E-state index in [2.05, 4.69) is 4.72 Å². The summed E-state index contributed by atoms with van der Waals surface area (Å²) < 4.78 is 28.5. The molecule has 0 radical (unpaired) electrons. The van der Waals surface area contributed by atoms with Gasteiger partial charge >= 0.3 is 0 Å². The predicted octanol–water partition coefficient (Wildman–Crippen LogP) is 4.38. The molecule has 0 aliphatic carbocycles.